The maximum atomic E-state index is 12.4. The van der Waals surface area contributed by atoms with Crippen molar-refractivity contribution < 1.29 is 14.5 Å². The zero-order valence-electron chi connectivity index (χ0n) is 13.5. The highest BCUT2D eigenvalue weighted by molar-refractivity contribution is 5.77. The van der Waals surface area contributed by atoms with E-state index in [1.54, 1.807) is 6.26 Å². The van der Waals surface area contributed by atoms with Crippen molar-refractivity contribution in [3.63, 3.8) is 0 Å². The molecule has 1 aliphatic heterocycles. The number of rotatable bonds is 5. The molecule has 0 radical (unpaired) electrons. The summed E-state index contributed by atoms with van der Waals surface area (Å²) in [6, 6.07) is 14.4. The number of anilines is 1. The van der Waals surface area contributed by atoms with Crippen LogP contribution in [-0.4, -0.2) is 43.5 Å². The summed E-state index contributed by atoms with van der Waals surface area (Å²) >= 11 is 0. The van der Waals surface area contributed by atoms with Crippen LogP contribution >= 0.6 is 0 Å². The van der Waals surface area contributed by atoms with Gasteiger partial charge in [-0.3, -0.25) is 4.79 Å². The fourth-order valence-electron chi connectivity index (χ4n) is 2.93. The van der Waals surface area contributed by atoms with E-state index < -0.39 is 0 Å². The van der Waals surface area contributed by atoms with Crippen LogP contribution < -0.4 is 10.2 Å². The van der Waals surface area contributed by atoms with E-state index in [4.69, 9.17) is 4.42 Å². The molecular weight excluding hydrogens is 290 g/mol. The van der Waals surface area contributed by atoms with Gasteiger partial charge in [0.1, 0.15) is 6.04 Å². The molecule has 23 heavy (non-hydrogen) atoms. The Hall–Kier alpha value is -2.27. The van der Waals surface area contributed by atoms with Crippen LogP contribution in [0.1, 0.15) is 18.7 Å². The van der Waals surface area contributed by atoms with E-state index >= 15 is 0 Å². The van der Waals surface area contributed by atoms with Gasteiger partial charge in [-0.2, -0.15) is 0 Å². The van der Waals surface area contributed by atoms with Crippen LogP contribution in [0, 0.1) is 0 Å². The highest BCUT2D eigenvalue weighted by Gasteiger charge is 2.23. The van der Waals surface area contributed by atoms with E-state index in [0.29, 0.717) is 6.54 Å². The third-order valence-corrected chi connectivity index (χ3v) is 4.39. The number of nitrogens with two attached hydrogens (primary N) is 1. The number of hydrogen-bond donors (Lipinski definition) is 1. The van der Waals surface area contributed by atoms with Crippen molar-refractivity contribution in [1.82, 2.24) is 4.90 Å². The van der Waals surface area contributed by atoms with Crippen LogP contribution in [0.25, 0.3) is 0 Å². The highest BCUT2D eigenvalue weighted by Crippen LogP contribution is 2.15. The van der Waals surface area contributed by atoms with Crippen LogP contribution in [0.3, 0.4) is 0 Å². The largest absolute Gasteiger partial charge is 0.463 e. The minimum absolute atomic E-state index is 0.166. The molecule has 0 spiro atoms. The highest BCUT2D eigenvalue weighted by atomic mass is 16.3. The number of piperazine rings is 1. The number of quaternary nitrogens is 1. The second-order valence-electron chi connectivity index (χ2n) is 5.95. The third-order valence-electron chi connectivity index (χ3n) is 4.39. The quantitative estimate of drug-likeness (QED) is 0.904. The van der Waals surface area contributed by atoms with Gasteiger partial charge in [0.05, 0.1) is 6.26 Å². The van der Waals surface area contributed by atoms with Crippen LogP contribution in [0.2, 0.25) is 0 Å². The summed E-state index contributed by atoms with van der Waals surface area (Å²) in [4.78, 5) is 16.7. The molecule has 5 nitrogen and oxygen atoms in total. The molecule has 0 bridgehead atoms. The third kappa shape index (κ3) is 3.93. The first kappa shape index (κ1) is 15.6. The van der Waals surface area contributed by atoms with E-state index in [2.05, 4.69) is 36.1 Å². The molecule has 122 valence electrons. The summed E-state index contributed by atoms with van der Waals surface area (Å²) in [5, 5.41) is 2.03. The first-order chi connectivity index (χ1) is 11.2. The fraction of sp³-hybridized carbons (Fsp3) is 0.389. The molecule has 0 saturated carbocycles. The number of benzene rings is 1. The van der Waals surface area contributed by atoms with E-state index in [9.17, 15) is 4.79 Å². The van der Waals surface area contributed by atoms with Gasteiger partial charge in [-0.15, -0.1) is 0 Å². The first-order valence-electron chi connectivity index (χ1n) is 8.18. The van der Waals surface area contributed by atoms with E-state index in [0.717, 1.165) is 31.9 Å². The summed E-state index contributed by atoms with van der Waals surface area (Å²) in [7, 11) is 0. The number of para-hydroxylation sites is 1. The minimum atomic E-state index is 0.166. The normalized spacial score (nSPS) is 16.4. The van der Waals surface area contributed by atoms with Crippen molar-refractivity contribution in [2.45, 2.75) is 13.0 Å². The van der Waals surface area contributed by atoms with Gasteiger partial charge >= 0.3 is 0 Å². The molecule has 1 aromatic carbocycles. The molecule has 2 aromatic rings. The molecule has 1 atom stereocenters. The van der Waals surface area contributed by atoms with Crippen molar-refractivity contribution in [3.05, 3.63) is 54.5 Å². The molecule has 1 amide bonds. The molecule has 1 aliphatic rings. The van der Waals surface area contributed by atoms with Crippen molar-refractivity contribution in [3.8, 4) is 0 Å². The van der Waals surface area contributed by atoms with Crippen LogP contribution in [0.15, 0.2) is 53.1 Å². The molecule has 0 unspecified atom stereocenters. The Labute approximate surface area is 136 Å². The number of hydrogen-bond acceptors (Lipinski definition) is 3. The van der Waals surface area contributed by atoms with Crippen molar-refractivity contribution in [1.29, 1.82) is 0 Å². The van der Waals surface area contributed by atoms with Crippen LogP contribution in [0.5, 0.6) is 0 Å². The van der Waals surface area contributed by atoms with Crippen LogP contribution in [-0.2, 0) is 4.79 Å². The van der Waals surface area contributed by atoms with Crippen molar-refractivity contribution in [2.24, 2.45) is 0 Å². The number of nitrogens with zero attached hydrogens (tertiary/aromatic N) is 2. The average molecular weight is 314 g/mol. The minimum Gasteiger partial charge on any atom is -0.463 e. The van der Waals surface area contributed by atoms with Gasteiger partial charge in [0.2, 0.25) is 0 Å². The van der Waals surface area contributed by atoms with Gasteiger partial charge in [-0.25, -0.2) is 0 Å². The molecular formula is C18H24N3O2+. The lowest BCUT2D eigenvalue weighted by molar-refractivity contribution is -0.685. The van der Waals surface area contributed by atoms with Gasteiger partial charge < -0.3 is 19.5 Å². The smallest absolute Gasteiger partial charge is 0.277 e. The maximum Gasteiger partial charge on any atom is 0.277 e. The summed E-state index contributed by atoms with van der Waals surface area (Å²) in [5.74, 6) is 1.11. The van der Waals surface area contributed by atoms with E-state index in [1.165, 1.54) is 5.69 Å². The Morgan fingerprint density at radius 3 is 2.52 bits per heavy atom. The topological polar surface area (TPSA) is 53.3 Å². The molecule has 0 aliphatic carbocycles. The van der Waals surface area contributed by atoms with Gasteiger partial charge in [-0.05, 0) is 31.2 Å². The number of furan rings is 1. The standard InChI is InChI=1S/C18H23N3O2/c1-15(17-8-5-13-23-17)19-14-18(22)21-11-9-20(10-12-21)16-6-3-2-4-7-16/h2-8,13,15,19H,9-12,14H2,1H3/p+1/t15-/m0/s1. The van der Waals surface area contributed by atoms with Crippen LogP contribution in [0.4, 0.5) is 5.69 Å². The summed E-state index contributed by atoms with van der Waals surface area (Å²) in [6.07, 6.45) is 1.67. The van der Waals surface area contributed by atoms with Crippen molar-refractivity contribution >= 4 is 11.6 Å². The number of carbonyl (C=O) groups excluding carboxylic acids is 1. The Morgan fingerprint density at radius 2 is 1.87 bits per heavy atom. The molecule has 5 heteroatoms. The lowest BCUT2D eigenvalue weighted by Gasteiger charge is -2.35. The Balaban J connectivity index is 1.45. The zero-order chi connectivity index (χ0) is 16.1. The van der Waals surface area contributed by atoms with Crippen molar-refractivity contribution in [2.75, 3.05) is 37.6 Å². The summed E-state index contributed by atoms with van der Waals surface area (Å²) < 4.78 is 5.37. The van der Waals surface area contributed by atoms with Gasteiger partial charge in [0.25, 0.3) is 5.91 Å². The molecule has 3 rings (SSSR count). The van der Waals surface area contributed by atoms with E-state index in [-0.39, 0.29) is 11.9 Å². The first-order valence-corrected chi connectivity index (χ1v) is 8.18. The lowest BCUT2D eigenvalue weighted by atomic mass is 10.2. The summed E-state index contributed by atoms with van der Waals surface area (Å²) in [6.45, 7) is 5.88. The maximum absolute atomic E-state index is 12.4. The fourth-order valence-corrected chi connectivity index (χ4v) is 2.93. The Morgan fingerprint density at radius 1 is 1.13 bits per heavy atom. The number of amides is 1. The Bertz CT molecular complexity index is 604. The number of carbonyl (C=O) groups is 1. The predicted octanol–water partition coefficient (Wildman–Crippen LogP) is 1.25. The van der Waals surface area contributed by atoms with Gasteiger partial charge in [-0.1, -0.05) is 18.2 Å². The SMILES string of the molecule is C[C@H]([NH2+]CC(=O)N1CCN(c2ccccc2)CC1)c1ccco1. The molecule has 1 saturated heterocycles. The Kier molecular flexibility index (Phi) is 4.98. The molecule has 1 fully saturated rings. The predicted molar refractivity (Wildman–Crippen MR) is 89.2 cm³/mol. The second-order valence-corrected chi connectivity index (χ2v) is 5.95. The van der Waals surface area contributed by atoms with Gasteiger partial charge in [0, 0.05) is 31.9 Å². The molecule has 1 aromatic heterocycles. The second kappa shape index (κ2) is 7.33. The molecule has 2 heterocycles. The summed E-state index contributed by atoms with van der Waals surface area (Å²) in [5.41, 5.74) is 1.23. The zero-order valence-corrected chi connectivity index (χ0v) is 13.5. The van der Waals surface area contributed by atoms with E-state index in [1.807, 2.05) is 28.4 Å². The lowest BCUT2D eigenvalue weighted by Crippen LogP contribution is -2.87. The average Bonchev–Trinajstić information content (AvgIpc) is 3.15. The van der Waals surface area contributed by atoms with Gasteiger partial charge in [0.15, 0.2) is 12.3 Å². The molecule has 2 N–H and O–H groups in total. The monoisotopic (exact) mass is 314 g/mol.